The molecule has 0 spiro atoms. The molecule has 4 rings (SSSR count). The van der Waals surface area contributed by atoms with Gasteiger partial charge in [0.1, 0.15) is 12.1 Å². The third kappa shape index (κ3) is 3.24. The van der Waals surface area contributed by atoms with Gasteiger partial charge in [-0.3, -0.25) is 4.90 Å². The Morgan fingerprint density at radius 1 is 1.12 bits per heavy atom. The third-order valence-electron chi connectivity index (χ3n) is 4.57. The molecule has 2 aromatic carbocycles. The largest absolute Gasteiger partial charge is 0.444 e. The number of hydrogen-bond acceptors (Lipinski definition) is 3. The van der Waals surface area contributed by atoms with E-state index in [-0.39, 0.29) is 5.82 Å². The highest BCUT2D eigenvalue weighted by Gasteiger charge is 2.28. The van der Waals surface area contributed by atoms with Crippen molar-refractivity contribution in [3.05, 3.63) is 77.9 Å². The summed E-state index contributed by atoms with van der Waals surface area (Å²) in [5.74, 6) is 0.197. The summed E-state index contributed by atoms with van der Waals surface area (Å²) in [6, 6.07) is 17.5. The zero-order valence-corrected chi connectivity index (χ0v) is 13.4. The molecule has 1 aromatic heterocycles. The van der Waals surface area contributed by atoms with Gasteiger partial charge in [-0.25, -0.2) is 9.37 Å². The Kier molecular flexibility index (Phi) is 4.13. The predicted molar refractivity (Wildman–Crippen MR) is 90.9 cm³/mol. The van der Waals surface area contributed by atoms with Crippen LogP contribution in [0.25, 0.3) is 11.5 Å². The molecule has 1 unspecified atom stereocenters. The Hall–Kier alpha value is -2.46. The van der Waals surface area contributed by atoms with Crippen molar-refractivity contribution in [1.29, 1.82) is 0 Å². The van der Waals surface area contributed by atoms with Crippen molar-refractivity contribution in [2.45, 2.75) is 25.4 Å². The quantitative estimate of drug-likeness (QED) is 0.701. The average Bonchev–Trinajstić information content (AvgIpc) is 3.07. The van der Waals surface area contributed by atoms with Crippen LogP contribution in [0, 0.1) is 5.82 Å². The fourth-order valence-corrected chi connectivity index (χ4v) is 3.16. The Labute approximate surface area is 140 Å². The van der Waals surface area contributed by atoms with Gasteiger partial charge >= 0.3 is 0 Å². The second-order valence-electron chi connectivity index (χ2n) is 6.26. The fraction of sp³-hybridized carbons (Fsp3) is 0.250. The van der Waals surface area contributed by atoms with E-state index in [1.54, 1.807) is 18.4 Å². The average molecular weight is 322 g/mol. The van der Waals surface area contributed by atoms with E-state index in [0.717, 1.165) is 25.2 Å². The van der Waals surface area contributed by atoms with Gasteiger partial charge in [0.05, 0.1) is 5.69 Å². The molecule has 1 atom stereocenters. The van der Waals surface area contributed by atoms with Gasteiger partial charge in [0.2, 0.25) is 5.89 Å². The topological polar surface area (TPSA) is 29.3 Å². The maximum atomic E-state index is 13.3. The highest BCUT2D eigenvalue weighted by Crippen LogP contribution is 2.25. The van der Waals surface area contributed by atoms with Crippen molar-refractivity contribution in [3.63, 3.8) is 0 Å². The number of nitrogens with zero attached hydrogens (tertiary/aromatic N) is 2. The minimum atomic E-state index is -0.280. The lowest BCUT2D eigenvalue weighted by Crippen LogP contribution is -2.48. The summed E-state index contributed by atoms with van der Waals surface area (Å²) in [6.45, 7) is 1.86. The van der Waals surface area contributed by atoms with Gasteiger partial charge in [-0.2, -0.15) is 0 Å². The summed E-state index contributed by atoms with van der Waals surface area (Å²) in [6.07, 6.45) is 3.96. The van der Waals surface area contributed by atoms with Crippen LogP contribution in [0.1, 0.15) is 17.7 Å². The predicted octanol–water partition coefficient (Wildman–Crippen LogP) is 4.30. The van der Waals surface area contributed by atoms with Gasteiger partial charge in [0.15, 0.2) is 0 Å². The van der Waals surface area contributed by atoms with Crippen molar-refractivity contribution in [1.82, 2.24) is 9.88 Å². The van der Waals surface area contributed by atoms with E-state index >= 15 is 0 Å². The van der Waals surface area contributed by atoms with Gasteiger partial charge in [-0.1, -0.05) is 36.4 Å². The van der Waals surface area contributed by atoms with Crippen LogP contribution < -0.4 is 0 Å². The Bertz CT molecular complexity index is 815. The van der Waals surface area contributed by atoms with Gasteiger partial charge in [0.25, 0.3) is 0 Å². The molecule has 0 saturated carbocycles. The first-order chi connectivity index (χ1) is 11.8. The number of likely N-dealkylation sites (tertiary alicyclic amines) is 1. The maximum Gasteiger partial charge on any atom is 0.226 e. The summed E-state index contributed by atoms with van der Waals surface area (Å²) in [5.41, 5.74) is 2.94. The zero-order chi connectivity index (χ0) is 16.4. The Morgan fingerprint density at radius 2 is 2.00 bits per heavy atom. The van der Waals surface area contributed by atoms with Crippen molar-refractivity contribution < 1.29 is 8.81 Å². The third-order valence-corrected chi connectivity index (χ3v) is 4.57. The molecule has 3 nitrogen and oxygen atoms in total. The van der Waals surface area contributed by atoms with Crippen molar-refractivity contribution >= 4 is 0 Å². The lowest BCUT2D eigenvalue weighted by molar-refractivity contribution is 0.0806. The van der Waals surface area contributed by atoms with Crippen LogP contribution >= 0.6 is 0 Å². The summed E-state index contributed by atoms with van der Waals surface area (Å²) in [7, 11) is 0. The monoisotopic (exact) mass is 322 g/mol. The van der Waals surface area contributed by atoms with Crippen LogP contribution in [0.2, 0.25) is 0 Å². The number of hydrogen-bond donors (Lipinski definition) is 0. The van der Waals surface area contributed by atoms with E-state index in [1.807, 2.05) is 6.07 Å². The minimum absolute atomic E-state index is 0.280. The molecular formula is C20H19FN2O. The highest BCUT2D eigenvalue weighted by molar-refractivity contribution is 5.52. The molecular weight excluding hydrogens is 303 g/mol. The molecule has 4 heteroatoms. The highest BCUT2D eigenvalue weighted by atomic mass is 19.1. The van der Waals surface area contributed by atoms with Crippen molar-refractivity contribution in [3.8, 4) is 11.5 Å². The lowest BCUT2D eigenvalue weighted by Gasteiger charge is -2.40. The van der Waals surface area contributed by atoms with Crippen LogP contribution in [-0.4, -0.2) is 22.5 Å². The first kappa shape index (κ1) is 15.1. The molecule has 1 aliphatic rings. The molecule has 2 heterocycles. The summed E-state index contributed by atoms with van der Waals surface area (Å²) >= 11 is 0. The first-order valence-electron chi connectivity index (χ1n) is 8.26. The van der Waals surface area contributed by atoms with Crippen LogP contribution in [0.3, 0.4) is 0 Å². The van der Waals surface area contributed by atoms with E-state index in [4.69, 9.17) is 4.42 Å². The standard InChI is InChI=1S/C20H19FN2O/c21-17-8-4-7-16(12-17)20-22-18(14-24-20)13-23-10-9-19(23)11-15-5-2-1-3-6-15/h1-8,12,14,19H,9-11,13H2. The molecule has 122 valence electrons. The van der Waals surface area contributed by atoms with Crippen LogP contribution in [0.5, 0.6) is 0 Å². The Balaban J connectivity index is 1.41. The van der Waals surface area contributed by atoms with Crippen molar-refractivity contribution in [2.75, 3.05) is 6.54 Å². The SMILES string of the molecule is Fc1cccc(-c2nc(CN3CCC3Cc3ccccc3)co2)c1. The number of oxazole rings is 1. The fourth-order valence-electron chi connectivity index (χ4n) is 3.16. The molecule has 1 aliphatic heterocycles. The lowest BCUT2D eigenvalue weighted by atomic mass is 9.95. The molecule has 3 aromatic rings. The number of halogens is 1. The van der Waals surface area contributed by atoms with Gasteiger partial charge in [-0.15, -0.1) is 0 Å². The van der Waals surface area contributed by atoms with E-state index < -0.39 is 0 Å². The molecule has 24 heavy (non-hydrogen) atoms. The molecule has 0 radical (unpaired) electrons. The van der Waals surface area contributed by atoms with Gasteiger partial charge in [0, 0.05) is 24.7 Å². The van der Waals surface area contributed by atoms with Crippen LogP contribution in [0.4, 0.5) is 4.39 Å². The minimum Gasteiger partial charge on any atom is -0.444 e. The summed E-state index contributed by atoms with van der Waals surface area (Å²) < 4.78 is 18.8. The van der Waals surface area contributed by atoms with Gasteiger partial charge in [-0.05, 0) is 36.6 Å². The molecule has 0 amide bonds. The van der Waals surface area contributed by atoms with Crippen molar-refractivity contribution in [2.24, 2.45) is 0 Å². The number of rotatable bonds is 5. The zero-order valence-electron chi connectivity index (χ0n) is 13.4. The molecule has 0 bridgehead atoms. The van der Waals surface area contributed by atoms with Crippen LogP contribution in [-0.2, 0) is 13.0 Å². The van der Waals surface area contributed by atoms with E-state index in [2.05, 4.69) is 34.1 Å². The van der Waals surface area contributed by atoms with Gasteiger partial charge < -0.3 is 4.42 Å². The summed E-state index contributed by atoms with van der Waals surface area (Å²) in [5, 5.41) is 0. The molecule has 0 N–H and O–H groups in total. The second kappa shape index (κ2) is 6.57. The first-order valence-corrected chi connectivity index (χ1v) is 8.26. The maximum absolute atomic E-state index is 13.3. The molecule has 1 fully saturated rings. The van der Waals surface area contributed by atoms with E-state index in [1.165, 1.54) is 24.1 Å². The van der Waals surface area contributed by atoms with E-state index in [9.17, 15) is 4.39 Å². The molecule has 0 aliphatic carbocycles. The number of aromatic nitrogens is 1. The smallest absolute Gasteiger partial charge is 0.226 e. The summed E-state index contributed by atoms with van der Waals surface area (Å²) in [4.78, 5) is 6.93. The van der Waals surface area contributed by atoms with Crippen LogP contribution in [0.15, 0.2) is 65.3 Å². The number of benzene rings is 2. The normalized spacial score (nSPS) is 17.6. The Morgan fingerprint density at radius 3 is 2.75 bits per heavy atom. The van der Waals surface area contributed by atoms with E-state index in [0.29, 0.717) is 17.5 Å². The second-order valence-corrected chi connectivity index (χ2v) is 6.26. The molecule has 1 saturated heterocycles.